The highest BCUT2D eigenvalue weighted by molar-refractivity contribution is 6.58. The predicted molar refractivity (Wildman–Crippen MR) is 108 cm³/mol. The number of hydrogen-bond acceptors (Lipinski definition) is 3. The van der Waals surface area contributed by atoms with Gasteiger partial charge in [0.2, 0.25) is 0 Å². The summed E-state index contributed by atoms with van der Waals surface area (Å²) in [4.78, 5) is 2.15. The molecule has 26 heavy (non-hydrogen) atoms. The third kappa shape index (κ3) is 3.20. The minimum absolute atomic E-state index is 0.472. The molecular weight excluding hydrogens is 321 g/mol. The fourth-order valence-corrected chi connectivity index (χ4v) is 3.14. The van der Waals surface area contributed by atoms with Crippen LogP contribution in [0.4, 0.5) is 17.1 Å². The number of benzene rings is 4. The summed E-state index contributed by atoms with van der Waals surface area (Å²) in [6, 6.07) is 32.1. The smallest absolute Gasteiger partial charge is 0.423 e. The van der Waals surface area contributed by atoms with Crippen molar-refractivity contribution in [3.05, 3.63) is 97.1 Å². The van der Waals surface area contributed by atoms with E-state index in [-0.39, 0.29) is 0 Å². The lowest BCUT2D eigenvalue weighted by Gasteiger charge is -2.26. The zero-order chi connectivity index (χ0) is 17.9. The summed E-state index contributed by atoms with van der Waals surface area (Å²) in [5.74, 6) is 0. The van der Waals surface area contributed by atoms with Crippen LogP contribution in [0.15, 0.2) is 97.1 Å². The van der Waals surface area contributed by atoms with Gasteiger partial charge in [0.25, 0.3) is 0 Å². The molecule has 4 rings (SSSR count). The Morgan fingerprint density at radius 2 is 1.12 bits per heavy atom. The first-order valence-electron chi connectivity index (χ1n) is 8.52. The van der Waals surface area contributed by atoms with Gasteiger partial charge in [-0.2, -0.15) is 0 Å². The van der Waals surface area contributed by atoms with E-state index in [1.54, 1.807) is 12.1 Å². The van der Waals surface area contributed by atoms with E-state index >= 15 is 0 Å². The molecule has 0 bridgehead atoms. The summed E-state index contributed by atoms with van der Waals surface area (Å²) in [6.07, 6.45) is 0. The third-order valence-electron chi connectivity index (χ3n) is 4.46. The highest BCUT2D eigenvalue weighted by atomic mass is 16.4. The third-order valence-corrected chi connectivity index (χ3v) is 4.46. The van der Waals surface area contributed by atoms with Crippen molar-refractivity contribution in [2.24, 2.45) is 0 Å². The van der Waals surface area contributed by atoms with Crippen molar-refractivity contribution in [3.8, 4) is 0 Å². The molecule has 0 saturated carbocycles. The van der Waals surface area contributed by atoms with Crippen molar-refractivity contribution in [3.63, 3.8) is 0 Å². The molecule has 0 radical (unpaired) electrons. The Balaban J connectivity index is 1.84. The Bertz CT molecular complexity index is 1020. The highest BCUT2D eigenvalue weighted by Gasteiger charge is 2.15. The standard InChI is InChI=1S/C22H18BNO2/c25-23(26)19-11-14-21(15-12-19)24(20-8-2-1-3-9-20)22-13-10-17-6-4-5-7-18(17)16-22/h1-16,25-26H. The maximum Gasteiger partial charge on any atom is 0.488 e. The lowest BCUT2D eigenvalue weighted by Crippen LogP contribution is -2.29. The molecule has 4 aromatic rings. The fraction of sp³-hybridized carbons (Fsp3) is 0. The summed E-state index contributed by atoms with van der Waals surface area (Å²) in [5.41, 5.74) is 3.52. The highest BCUT2D eigenvalue weighted by Crippen LogP contribution is 2.35. The molecule has 0 unspecified atom stereocenters. The van der Waals surface area contributed by atoms with Crippen LogP contribution in [0, 0.1) is 0 Å². The van der Waals surface area contributed by atoms with E-state index < -0.39 is 7.12 Å². The number of anilines is 3. The zero-order valence-corrected chi connectivity index (χ0v) is 14.2. The molecule has 2 N–H and O–H groups in total. The van der Waals surface area contributed by atoms with E-state index in [0.717, 1.165) is 17.1 Å². The minimum atomic E-state index is -1.46. The SMILES string of the molecule is OB(O)c1ccc(N(c2ccccc2)c2ccc3ccccc3c2)cc1. The van der Waals surface area contributed by atoms with Crippen molar-refractivity contribution in [1.29, 1.82) is 0 Å². The summed E-state index contributed by atoms with van der Waals surface area (Å²) < 4.78 is 0. The lowest BCUT2D eigenvalue weighted by molar-refractivity contribution is 0.426. The molecule has 0 spiro atoms. The number of nitrogens with zero attached hydrogens (tertiary/aromatic N) is 1. The van der Waals surface area contributed by atoms with Crippen LogP contribution in [0.25, 0.3) is 10.8 Å². The fourth-order valence-electron chi connectivity index (χ4n) is 3.14. The first kappa shape index (κ1) is 16.4. The summed E-state index contributed by atoms with van der Waals surface area (Å²) >= 11 is 0. The largest absolute Gasteiger partial charge is 0.488 e. The number of para-hydroxylation sites is 1. The van der Waals surface area contributed by atoms with Crippen molar-refractivity contribution in [2.45, 2.75) is 0 Å². The van der Waals surface area contributed by atoms with Gasteiger partial charge in [-0.1, -0.05) is 60.7 Å². The molecule has 0 aliphatic heterocycles. The van der Waals surface area contributed by atoms with Crippen LogP contribution in [0.3, 0.4) is 0 Å². The Morgan fingerprint density at radius 1 is 0.538 bits per heavy atom. The average Bonchev–Trinajstić information content (AvgIpc) is 2.69. The topological polar surface area (TPSA) is 43.7 Å². The Morgan fingerprint density at radius 3 is 1.81 bits per heavy atom. The van der Waals surface area contributed by atoms with Crippen LogP contribution in [0.5, 0.6) is 0 Å². The summed E-state index contributed by atoms with van der Waals surface area (Å²) in [6.45, 7) is 0. The van der Waals surface area contributed by atoms with E-state index in [2.05, 4.69) is 47.4 Å². The normalized spacial score (nSPS) is 10.7. The monoisotopic (exact) mass is 339 g/mol. The van der Waals surface area contributed by atoms with Crippen molar-refractivity contribution in [2.75, 3.05) is 4.90 Å². The minimum Gasteiger partial charge on any atom is -0.423 e. The average molecular weight is 339 g/mol. The first-order chi connectivity index (χ1) is 12.7. The second kappa shape index (κ2) is 7.04. The Kier molecular flexibility index (Phi) is 4.44. The number of rotatable bonds is 4. The van der Waals surface area contributed by atoms with E-state index in [0.29, 0.717) is 5.46 Å². The molecule has 0 fully saturated rings. The maximum absolute atomic E-state index is 9.35. The molecule has 0 aliphatic rings. The molecule has 4 aromatic carbocycles. The number of fused-ring (bicyclic) bond motifs is 1. The second-order valence-electron chi connectivity index (χ2n) is 6.17. The van der Waals surface area contributed by atoms with Gasteiger partial charge < -0.3 is 14.9 Å². The van der Waals surface area contributed by atoms with Gasteiger partial charge in [0.15, 0.2) is 0 Å². The van der Waals surface area contributed by atoms with Crippen molar-refractivity contribution in [1.82, 2.24) is 0 Å². The van der Waals surface area contributed by atoms with E-state index in [9.17, 15) is 10.0 Å². The Hall–Kier alpha value is -3.08. The first-order valence-corrected chi connectivity index (χ1v) is 8.52. The van der Waals surface area contributed by atoms with Crippen LogP contribution in [0.1, 0.15) is 0 Å². The second-order valence-corrected chi connectivity index (χ2v) is 6.17. The van der Waals surface area contributed by atoms with Gasteiger partial charge >= 0.3 is 7.12 Å². The predicted octanol–water partition coefficient (Wildman–Crippen LogP) is 3.99. The van der Waals surface area contributed by atoms with Gasteiger partial charge in [-0.25, -0.2) is 0 Å². The maximum atomic E-state index is 9.35. The molecule has 0 aliphatic carbocycles. The van der Waals surface area contributed by atoms with Gasteiger partial charge in [0, 0.05) is 17.1 Å². The molecule has 0 aromatic heterocycles. The number of hydrogen-bond donors (Lipinski definition) is 2. The molecular formula is C22H18BNO2. The van der Waals surface area contributed by atoms with Gasteiger partial charge in [0.1, 0.15) is 0 Å². The summed E-state index contributed by atoms with van der Waals surface area (Å²) in [7, 11) is -1.46. The van der Waals surface area contributed by atoms with Crippen molar-refractivity contribution < 1.29 is 10.0 Å². The van der Waals surface area contributed by atoms with Gasteiger partial charge in [-0.15, -0.1) is 0 Å². The zero-order valence-electron chi connectivity index (χ0n) is 14.2. The van der Waals surface area contributed by atoms with Gasteiger partial charge in [0.05, 0.1) is 0 Å². The Labute approximate surface area is 152 Å². The molecule has 0 heterocycles. The molecule has 0 saturated heterocycles. The van der Waals surface area contributed by atoms with Crippen LogP contribution >= 0.6 is 0 Å². The van der Waals surface area contributed by atoms with Crippen molar-refractivity contribution >= 4 is 40.4 Å². The van der Waals surface area contributed by atoms with Crippen LogP contribution in [-0.4, -0.2) is 17.2 Å². The molecule has 0 amide bonds. The molecule has 3 nitrogen and oxygen atoms in total. The van der Waals surface area contributed by atoms with Crippen LogP contribution in [0.2, 0.25) is 0 Å². The molecule has 126 valence electrons. The summed E-state index contributed by atoms with van der Waals surface area (Å²) in [5, 5.41) is 21.1. The lowest BCUT2D eigenvalue weighted by atomic mass is 9.80. The van der Waals surface area contributed by atoms with E-state index in [1.807, 2.05) is 42.5 Å². The van der Waals surface area contributed by atoms with Crippen LogP contribution in [-0.2, 0) is 0 Å². The van der Waals surface area contributed by atoms with Gasteiger partial charge in [-0.05, 0) is 52.6 Å². The van der Waals surface area contributed by atoms with Crippen LogP contribution < -0.4 is 10.4 Å². The van der Waals surface area contributed by atoms with E-state index in [1.165, 1.54) is 10.8 Å². The molecule has 0 atom stereocenters. The quantitative estimate of drug-likeness (QED) is 0.553. The van der Waals surface area contributed by atoms with E-state index in [4.69, 9.17) is 0 Å². The van der Waals surface area contributed by atoms with Gasteiger partial charge in [-0.3, -0.25) is 0 Å². The molecule has 4 heteroatoms.